The van der Waals surface area contributed by atoms with Gasteiger partial charge in [0.25, 0.3) is 5.91 Å². The van der Waals surface area contributed by atoms with Crippen molar-refractivity contribution in [1.29, 1.82) is 0 Å². The third-order valence-electron chi connectivity index (χ3n) is 3.23. The average Bonchev–Trinajstić information content (AvgIpc) is 2.84. The Balaban J connectivity index is 2.10. The Bertz CT molecular complexity index is 708. The Morgan fingerprint density at radius 1 is 1.35 bits per heavy atom. The van der Waals surface area contributed by atoms with Crippen LogP contribution in [0.3, 0.4) is 0 Å². The highest BCUT2D eigenvalue weighted by Gasteiger charge is 2.19. The van der Waals surface area contributed by atoms with Gasteiger partial charge >= 0.3 is 0 Å². The van der Waals surface area contributed by atoms with Gasteiger partial charge in [-0.3, -0.25) is 9.48 Å². The predicted octanol–water partition coefficient (Wildman–Crippen LogP) is 3.75. The van der Waals surface area contributed by atoms with Gasteiger partial charge < -0.3 is 10.1 Å². The molecule has 1 amide bonds. The molecule has 0 fully saturated rings. The summed E-state index contributed by atoms with van der Waals surface area (Å²) in [5, 5.41) is 8.36. The molecular weight excluding hydrogens is 361 g/mol. The van der Waals surface area contributed by atoms with Gasteiger partial charge in [0.1, 0.15) is 5.56 Å². The summed E-state index contributed by atoms with van der Waals surface area (Å²) >= 11 is 18.2. The number of rotatable bonds is 5. The van der Waals surface area contributed by atoms with Gasteiger partial charge in [-0.1, -0.05) is 34.8 Å². The minimum Gasteiger partial charge on any atom is -0.479 e. The maximum atomic E-state index is 12.3. The Morgan fingerprint density at radius 3 is 2.52 bits per heavy atom. The van der Waals surface area contributed by atoms with Gasteiger partial charge in [-0.25, -0.2) is 0 Å². The zero-order valence-corrected chi connectivity index (χ0v) is 15.1. The molecule has 0 spiro atoms. The van der Waals surface area contributed by atoms with Crippen molar-refractivity contribution in [2.75, 3.05) is 7.11 Å². The number of amides is 1. The first-order chi connectivity index (χ1) is 10.8. The molecule has 1 heterocycles. The van der Waals surface area contributed by atoms with E-state index in [-0.39, 0.29) is 17.8 Å². The van der Waals surface area contributed by atoms with Gasteiger partial charge in [0.2, 0.25) is 5.88 Å². The van der Waals surface area contributed by atoms with Crippen LogP contribution >= 0.6 is 34.8 Å². The van der Waals surface area contributed by atoms with Gasteiger partial charge in [0.15, 0.2) is 0 Å². The van der Waals surface area contributed by atoms with Crippen molar-refractivity contribution in [1.82, 2.24) is 15.1 Å². The van der Waals surface area contributed by atoms with E-state index in [0.29, 0.717) is 27.1 Å². The summed E-state index contributed by atoms with van der Waals surface area (Å²) in [7, 11) is 3.19. The maximum Gasteiger partial charge on any atom is 0.258 e. The average molecular weight is 377 g/mol. The standard InChI is InChI=1S/C15H16Cl3N3O2/c1-8(4-10-12(17)5-9(16)6-13(10)18)19-14(22)11-7-21(2)20-15(11)23-3/h5-8H,4H2,1-3H3,(H,19,22). The molecule has 0 bridgehead atoms. The molecule has 2 rings (SSSR count). The first-order valence-electron chi connectivity index (χ1n) is 6.83. The van der Waals surface area contributed by atoms with Crippen LogP contribution in [0, 0.1) is 0 Å². The van der Waals surface area contributed by atoms with E-state index in [9.17, 15) is 4.79 Å². The summed E-state index contributed by atoms with van der Waals surface area (Å²) in [5.74, 6) is 0.00316. The maximum absolute atomic E-state index is 12.3. The number of hydrogen-bond donors (Lipinski definition) is 1. The third kappa shape index (κ3) is 4.31. The molecule has 0 aliphatic heterocycles. The fourth-order valence-electron chi connectivity index (χ4n) is 2.20. The molecule has 1 atom stereocenters. The summed E-state index contributed by atoms with van der Waals surface area (Å²) in [6, 6.07) is 3.06. The van der Waals surface area contributed by atoms with Crippen molar-refractivity contribution >= 4 is 40.7 Å². The van der Waals surface area contributed by atoms with Crippen LogP contribution in [-0.4, -0.2) is 28.8 Å². The van der Waals surface area contributed by atoms with Crippen molar-refractivity contribution in [3.05, 3.63) is 44.5 Å². The van der Waals surface area contributed by atoms with E-state index in [2.05, 4.69) is 10.4 Å². The second-order valence-electron chi connectivity index (χ2n) is 5.15. The summed E-state index contributed by atoms with van der Waals surface area (Å²) in [6.45, 7) is 1.86. The number of benzene rings is 1. The monoisotopic (exact) mass is 375 g/mol. The minimum atomic E-state index is -0.274. The van der Waals surface area contributed by atoms with Crippen LogP contribution in [0.5, 0.6) is 5.88 Å². The molecule has 0 saturated carbocycles. The molecule has 0 saturated heterocycles. The van der Waals surface area contributed by atoms with Crippen LogP contribution in [-0.2, 0) is 13.5 Å². The van der Waals surface area contributed by atoms with E-state index in [1.165, 1.54) is 11.8 Å². The predicted molar refractivity (Wildman–Crippen MR) is 91.9 cm³/mol. The highest BCUT2D eigenvalue weighted by Crippen LogP contribution is 2.30. The first-order valence-corrected chi connectivity index (χ1v) is 7.97. The fourth-order valence-corrected chi connectivity index (χ4v) is 3.17. The normalized spacial score (nSPS) is 12.1. The minimum absolute atomic E-state index is 0.191. The van der Waals surface area contributed by atoms with Crippen LogP contribution < -0.4 is 10.1 Å². The number of aryl methyl sites for hydroxylation is 1. The molecule has 8 heteroatoms. The van der Waals surface area contributed by atoms with Crippen LogP contribution in [0.4, 0.5) is 0 Å². The summed E-state index contributed by atoms with van der Waals surface area (Å²) < 4.78 is 6.61. The molecule has 0 aliphatic carbocycles. The Morgan fingerprint density at radius 2 is 1.96 bits per heavy atom. The van der Waals surface area contributed by atoms with Crippen molar-refractivity contribution in [3.63, 3.8) is 0 Å². The SMILES string of the molecule is COc1nn(C)cc1C(=O)NC(C)Cc1c(Cl)cc(Cl)cc1Cl. The molecule has 2 aromatic rings. The molecule has 1 aromatic heterocycles. The van der Waals surface area contributed by atoms with Crippen LogP contribution in [0.1, 0.15) is 22.8 Å². The number of aromatic nitrogens is 2. The number of nitrogens with one attached hydrogen (secondary N) is 1. The lowest BCUT2D eigenvalue weighted by molar-refractivity contribution is 0.0937. The largest absolute Gasteiger partial charge is 0.479 e. The van der Waals surface area contributed by atoms with Crippen LogP contribution in [0.15, 0.2) is 18.3 Å². The Hall–Kier alpha value is -1.43. The molecule has 23 heavy (non-hydrogen) atoms. The number of hydrogen-bond acceptors (Lipinski definition) is 3. The van der Waals surface area contributed by atoms with Crippen molar-refractivity contribution in [3.8, 4) is 5.88 Å². The molecule has 1 N–H and O–H groups in total. The number of methoxy groups -OCH3 is 1. The van der Waals surface area contributed by atoms with Gasteiger partial charge in [-0.05, 0) is 31.0 Å². The fraction of sp³-hybridized carbons (Fsp3) is 0.333. The van der Waals surface area contributed by atoms with Gasteiger partial charge in [0, 0.05) is 34.4 Å². The lowest BCUT2D eigenvalue weighted by Gasteiger charge is -2.16. The number of halogens is 3. The zero-order valence-electron chi connectivity index (χ0n) is 12.9. The third-order valence-corrected chi connectivity index (χ3v) is 4.12. The molecule has 1 unspecified atom stereocenters. The summed E-state index contributed by atoms with van der Waals surface area (Å²) in [4.78, 5) is 12.3. The van der Waals surface area contributed by atoms with E-state index in [1.807, 2.05) is 6.92 Å². The molecule has 1 aromatic carbocycles. The highest BCUT2D eigenvalue weighted by atomic mass is 35.5. The smallest absolute Gasteiger partial charge is 0.258 e. The van der Waals surface area contributed by atoms with Gasteiger partial charge in [-0.2, -0.15) is 0 Å². The molecular formula is C15H16Cl3N3O2. The van der Waals surface area contributed by atoms with Crippen LogP contribution in [0.25, 0.3) is 0 Å². The van der Waals surface area contributed by atoms with E-state index in [1.54, 1.807) is 25.4 Å². The number of ether oxygens (including phenoxy) is 1. The summed E-state index contributed by atoms with van der Waals surface area (Å²) in [5.41, 5.74) is 1.11. The second kappa shape index (κ2) is 7.43. The van der Waals surface area contributed by atoms with E-state index in [0.717, 1.165) is 5.56 Å². The van der Waals surface area contributed by atoms with E-state index < -0.39 is 0 Å². The summed E-state index contributed by atoms with van der Waals surface area (Å²) in [6.07, 6.45) is 2.08. The Kier molecular flexibility index (Phi) is 5.79. The van der Waals surface area contributed by atoms with Gasteiger partial charge in [-0.15, -0.1) is 5.10 Å². The van der Waals surface area contributed by atoms with Crippen molar-refractivity contribution in [2.24, 2.45) is 7.05 Å². The first kappa shape index (κ1) is 17.9. The van der Waals surface area contributed by atoms with Gasteiger partial charge in [0.05, 0.1) is 7.11 Å². The Labute approximate surface area is 149 Å². The molecule has 0 radical (unpaired) electrons. The van der Waals surface area contributed by atoms with Crippen molar-refractivity contribution in [2.45, 2.75) is 19.4 Å². The second-order valence-corrected chi connectivity index (χ2v) is 6.40. The molecule has 124 valence electrons. The topological polar surface area (TPSA) is 56.2 Å². The number of carbonyl (C=O) groups excluding carboxylic acids is 1. The van der Waals surface area contributed by atoms with Crippen molar-refractivity contribution < 1.29 is 9.53 Å². The lowest BCUT2D eigenvalue weighted by Crippen LogP contribution is -2.34. The highest BCUT2D eigenvalue weighted by molar-refractivity contribution is 6.39. The molecule has 0 aliphatic rings. The molecule has 5 nitrogen and oxygen atoms in total. The number of nitrogens with zero attached hydrogens (tertiary/aromatic N) is 2. The van der Waals surface area contributed by atoms with E-state index in [4.69, 9.17) is 39.5 Å². The van der Waals surface area contributed by atoms with Crippen LogP contribution in [0.2, 0.25) is 15.1 Å². The quantitative estimate of drug-likeness (QED) is 0.864. The lowest BCUT2D eigenvalue weighted by atomic mass is 10.1. The van der Waals surface area contributed by atoms with E-state index >= 15 is 0 Å². The zero-order chi connectivity index (χ0) is 17.1. The number of carbonyl (C=O) groups is 1.